The molecule has 114 valence electrons. The van der Waals surface area contributed by atoms with E-state index in [0.717, 1.165) is 31.7 Å². The molecular formula is C15H24Cl2N2O. The van der Waals surface area contributed by atoms with Crippen molar-refractivity contribution in [2.45, 2.75) is 19.4 Å². The lowest BCUT2D eigenvalue weighted by atomic mass is 10.0. The molecule has 3 nitrogen and oxygen atoms in total. The van der Waals surface area contributed by atoms with E-state index in [0.29, 0.717) is 16.7 Å². The summed E-state index contributed by atoms with van der Waals surface area (Å²) in [4.78, 5) is 2.11. The zero-order valence-corrected chi connectivity index (χ0v) is 14.0. The second-order valence-corrected chi connectivity index (χ2v) is 5.82. The van der Waals surface area contributed by atoms with Crippen molar-refractivity contribution in [1.29, 1.82) is 0 Å². The van der Waals surface area contributed by atoms with Crippen molar-refractivity contribution in [3.05, 3.63) is 33.8 Å². The molecule has 0 aliphatic rings. The smallest absolute Gasteiger partial charge is 0.0595 e. The second kappa shape index (κ2) is 9.59. The van der Waals surface area contributed by atoms with Gasteiger partial charge in [-0.25, -0.2) is 0 Å². The van der Waals surface area contributed by atoms with Gasteiger partial charge in [0.05, 0.1) is 23.3 Å². The third-order valence-electron chi connectivity index (χ3n) is 3.07. The van der Waals surface area contributed by atoms with Gasteiger partial charge in [0.15, 0.2) is 0 Å². The first-order valence-corrected chi connectivity index (χ1v) is 7.71. The van der Waals surface area contributed by atoms with Gasteiger partial charge in [-0.2, -0.15) is 0 Å². The standard InChI is InChI=1S/C15H24Cl2N2O/c1-4-15(12-5-6-13(16)14(17)11-12)18-7-9-20-10-8-19(2)3/h5-6,11,15,18H,4,7-10H2,1-3H3. The highest BCUT2D eigenvalue weighted by Crippen LogP contribution is 2.26. The Labute approximate surface area is 132 Å². The van der Waals surface area contributed by atoms with Crippen LogP contribution in [-0.2, 0) is 4.74 Å². The number of nitrogens with one attached hydrogen (secondary N) is 1. The maximum absolute atomic E-state index is 6.06. The summed E-state index contributed by atoms with van der Waals surface area (Å²) in [7, 11) is 4.08. The highest BCUT2D eigenvalue weighted by atomic mass is 35.5. The van der Waals surface area contributed by atoms with Gasteiger partial charge in [0.25, 0.3) is 0 Å². The number of hydrogen-bond donors (Lipinski definition) is 1. The lowest BCUT2D eigenvalue weighted by molar-refractivity contribution is 0.117. The molecule has 1 atom stereocenters. The molecular weight excluding hydrogens is 295 g/mol. The van der Waals surface area contributed by atoms with Crippen LogP contribution in [0.2, 0.25) is 10.0 Å². The van der Waals surface area contributed by atoms with Crippen LogP contribution in [0.15, 0.2) is 18.2 Å². The minimum Gasteiger partial charge on any atom is -0.379 e. The Morgan fingerprint density at radius 1 is 1.20 bits per heavy atom. The molecule has 0 saturated heterocycles. The van der Waals surface area contributed by atoms with Gasteiger partial charge in [-0.1, -0.05) is 36.2 Å². The van der Waals surface area contributed by atoms with Gasteiger partial charge in [0.1, 0.15) is 0 Å². The van der Waals surface area contributed by atoms with Crippen molar-refractivity contribution in [2.75, 3.05) is 40.4 Å². The van der Waals surface area contributed by atoms with E-state index in [1.807, 2.05) is 32.3 Å². The Hall–Kier alpha value is -0.320. The molecule has 0 saturated carbocycles. The predicted molar refractivity (Wildman–Crippen MR) is 86.9 cm³/mol. The molecule has 0 amide bonds. The average Bonchev–Trinajstić information content (AvgIpc) is 2.41. The Morgan fingerprint density at radius 3 is 2.55 bits per heavy atom. The van der Waals surface area contributed by atoms with Crippen molar-refractivity contribution >= 4 is 23.2 Å². The maximum Gasteiger partial charge on any atom is 0.0595 e. The van der Waals surface area contributed by atoms with Gasteiger partial charge in [-0.15, -0.1) is 0 Å². The zero-order valence-electron chi connectivity index (χ0n) is 12.5. The minimum atomic E-state index is 0.280. The van der Waals surface area contributed by atoms with Crippen molar-refractivity contribution in [2.24, 2.45) is 0 Å². The molecule has 0 radical (unpaired) electrons. The monoisotopic (exact) mass is 318 g/mol. The molecule has 0 bridgehead atoms. The Balaban J connectivity index is 2.34. The summed E-state index contributed by atoms with van der Waals surface area (Å²) in [5.41, 5.74) is 1.16. The van der Waals surface area contributed by atoms with Gasteiger partial charge < -0.3 is 15.0 Å². The molecule has 0 fully saturated rings. The van der Waals surface area contributed by atoms with Crippen LogP contribution in [0.3, 0.4) is 0 Å². The summed E-state index contributed by atoms with van der Waals surface area (Å²) in [6, 6.07) is 6.07. The first kappa shape index (κ1) is 17.7. The fourth-order valence-electron chi connectivity index (χ4n) is 1.88. The van der Waals surface area contributed by atoms with Crippen LogP contribution in [0.4, 0.5) is 0 Å². The van der Waals surface area contributed by atoms with E-state index in [1.165, 1.54) is 0 Å². The molecule has 0 aliphatic carbocycles. The number of nitrogens with zero attached hydrogens (tertiary/aromatic N) is 1. The molecule has 0 spiro atoms. The Bertz CT molecular complexity index is 399. The van der Waals surface area contributed by atoms with Crippen molar-refractivity contribution in [3.8, 4) is 0 Å². The predicted octanol–water partition coefficient (Wildman–Crippen LogP) is 3.61. The number of benzene rings is 1. The van der Waals surface area contributed by atoms with Gasteiger partial charge in [0.2, 0.25) is 0 Å². The van der Waals surface area contributed by atoms with Gasteiger partial charge in [0, 0.05) is 19.1 Å². The normalized spacial score (nSPS) is 12.9. The van der Waals surface area contributed by atoms with Gasteiger partial charge in [-0.05, 0) is 38.2 Å². The maximum atomic E-state index is 6.06. The molecule has 1 aromatic rings. The first-order chi connectivity index (χ1) is 9.54. The lowest BCUT2D eigenvalue weighted by Gasteiger charge is -2.18. The van der Waals surface area contributed by atoms with E-state index < -0.39 is 0 Å². The molecule has 1 rings (SSSR count). The zero-order chi connectivity index (χ0) is 15.0. The van der Waals surface area contributed by atoms with Crippen molar-refractivity contribution in [3.63, 3.8) is 0 Å². The Morgan fingerprint density at radius 2 is 1.95 bits per heavy atom. The van der Waals surface area contributed by atoms with Crippen LogP contribution in [0.5, 0.6) is 0 Å². The summed E-state index contributed by atoms with van der Waals surface area (Å²) in [6.45, 7) is 5.40. The number of rotatable bonds is 9. The van der Waals surface area contributed by atoms with Crippen LogP contribution < -0.4 is 5.32 Å². The quantitative estimate of drug-likeness (QED) is 0.704. The van der Waals surface area contributed by atoms with Crippen molar-refractivity contribution in [1.82, 2.24) is 10.2 Å². The third kappa shape index (κ3) is 6.42. The highest BCUT2D eigenvalue weighted by Gasteiger charge is 2.10. The fraction of sp³-hybridized carbons (Fsp3) is 0.600. The van der Waals surface area contributed by atoms with Crippen LogP contribution in [0, 0.1) is 0 Å². The van der Waals surface area contributed by atoms with E-state index >= 15 is 0 Å². The highest BCUT2D eigenvalue weighted by molar-refractivity contribution is 6.42. The van der Waals surface area contributed by atoms with E-state index in [2.05, 4.69) is 17.1 Å². The molecule has 0 aliphatic heterocycles. The van der Waals surface area contributed by atoms with Gasteiger partial charge in [-0.3, -0.25) is 0 Å². The van der Waals surface area contributed by atoms with Crippen LogP contribution >= 0.6 is 23.2 Å². The van der Waals surface area contributed by atoms with Crippen LogP contribution in [0.25, 0.3) is 0 Å². The van der Waals surface area contributed by atoms with Crippen LogP contribution in [-0.4, -0.2) is 45.3 Å². The molecule has 1 unspecified atom stereocenters. The van der Waals surface area contributed by atoms with E-state index in [-0.39, 0.29) is 6.04 Å². The fourth-order valence-corrected chi connectivity index (χ4v) is 2.19. The van der Waals surface area contributed by atoms with E-state index in [4.69, 9.17) is 27.9 Å². The number of ether oxygens (including phenoxy) is 1. The third-order valence-corrected chi connectivity index (χ3v) is 3.81. The lowest BCUT2D eigenvalue weighted by Crippen LogP contribution is -2.26. The van der Waals surface area contributed by atoms with Crippen LogP contribution in [0.1, 0.15) is 24.9 Å². The minimum absolute atomic E-state index is 0.280. The van der Waals surface area contributed by atoms with E-state index in [9.17, 15) is 0 Å². The molecule has 0 heterocycles. The molecule has 0 aromatic heterocycles. The SMILES string of the molecule is CCC(NCCOCCN(C)C)c1ccc(Cl)c(Cl)c1. The summed E-state index contributed by atoms with van der Waals surface area (Å²) >= 11 is 12.0. The molecule has 1 aromatic carbocycles. The Kier molecular flexibility index (Phi) is 8.50. The summed E-state index contributed by atoms with van der Waals surface area (Å²) in [6.07, 6.45) is 0.996. The number of halogens is 2. The second-order valence-electron chi connectivity index (χ2n) is 5.00. The van der Waals surface area contributed by atoms with Crippen molar-refractivity contribution < 1.29 is 4.74 Å². The molecule has 5 heteroatoms. The van der Waals surface area contributed by atoms with E-state index in [1.54, 1.807) is 0 Å². The number of likely N-dealkylation sites (N-methyl/N-ethyl adjacent to an activating group) is 1. The number of hydrogen-bond acceptors (Lipinski definition) is 3. The summed E-state index contributed by atoms with van der Waals surface area (Å²) in [5.74, 6) is 0. The first-order valence-electron chi connectivity index (χ1n) is 6.95. The average molecular weight is 319 g/mol. The largest absolute Gasteiger partial charge is 0.379 e. The summed E-state index contributed by atoms with van der Waals surface area (Å²) < 4.78 is 5.57. The summed E-state index contributed by atoms with van der Waals surface area (Å²) in [5, 5.41) is 4.68. The van der Waals surface area contributed by atoms with Gasteiger partial charge >= 0.3 is 0 Å². The molecule has 1 N–H and O–H groups in total. The topological polar surface area (TPSA) is 24.5 Å². The molecule has 20 heavy (non-hydrogen) atoms.